The Morgan fingerprint density at radius 2 is 1.84 bits per heavy atom. The first kappa shape index (κ1) is 27.6. The third kappa shape index (κ3) is 5.52. The molecule has 2 amide bonds. The number of carbonyl (C=O) groups is 1. The number of nitrogens with zero attached hydrogens (tertiary/aromatic N) is 3. The maximum Gasteiger partial charge on any atom is 0.409 e. The maximum atomic E-state index is 14.8. The molecule has 0 spiro atoms. The van der Waals surface area contributed by atoms with E-state index in [4.69, 9.17) is 0 Å². The van der Waals surface area contributed by atoms with Crippen molar-refractivity contribution >= 4 is 21.6 Å². The molecule has 2 atom stereocenters. The average Bonchev–Trinajstić information content (AvgIpc) is 3.27. The minimum Gasteiger partial charge on any atom is -0.331 e. The predicted molar refractivity (Wildman–Crippen MR) is 130 cm³/mol. The van der Waals surface area contributed by atoms with E-state index in [0.29, 0.717) is 22.7 Å². The molecule has 1 aliphatic heterocycles. The van der Waals surface area contributed by atoms with Crippen LogP contribution >= 0.6 is 0 Å². The third-order valence-corrected chi connectivity index (χ3v) is 7.50. The Bertz CT molecular complexity index is 1440. The quantitative estimate of drug-likeness (QED) is 0.322. The van der Waals surface area contributed by atoms with Gasteiger partial charge in [-0.1, -0.05) is 13.3 Å². The predicted octanol–water partition coefficient (Wildman–Crippen LogP) is 5.49. The fraction of sp³-hybridized carbons (Fsp3) is 0.360. The SMILES string of the molecule is CCC[C@H](NC(=O)N1c2cnn(-c3ccc(F)cc3)c2CCC1C(F)(F)F)c1cc(S(C)(=O)=O)ccc1F. The van der Waals surface area contributed by atoms with E-state index in [1.807, 2.05) is 0 Å². The van der Waals surface area contributed by atoms with Crippen molar-refractivity contribution in [3.8, 4) is 5.69 Å². The summed E-state index contributed by atoms with van der Waals surface area (Å²) >= 11 is 0. The molecule has 1 aliphatic rings. The van der Waals surface area contributed by atoms with E-state index in [0.717, 1.165) is 30.7 Å². The molecule has 0 saturated heterocycles. The highest BCUT2D eigenvalue weighted by atomic mass is 32.2. The summed E-state index contributed by atoms with van der Waals surface area (Å²) in [5.74, 6) is -1.30. The van der Waals surface area contributed by atoms with E-state index >= 15 is 0 Å². The molecule has 0 radical (unpaired) electrons. The lowest BCUT2D eigenvalue weighted by Gasteiger charge is -2.37. The molecule has 2 aromatic carbocycles. The van der Waals surface area contributed by atoms with Gasteiger partial charge in [-0.15, -0.1) is 0 Å². The fourth-order valence-electron chi connectivity index (χ4n) is 4.57. The highest BCUT2D eigenvalue weighted by Gasteiger charge is 2.49. The van der Waals surface area contributed by atoms with Gasteiger partial charge in [-0.3, -0.25) is 4.90 Å². The topological polar surface area (TPSA) is 84.3 Å². The van der Waals surface area contributed by atoms with Crippen molar-refractivity contribution in [2.45, 2.75) is 55.8 Å². The van der Waals surface area contributed by atoms with Crippen LogP contribution in [0.1, 0.15) is 43.5 Å². The van der Waals surface area contributed by atoms with Gasteiger partial charge in [0.05, 0.1) is 34.2 Å². The summed E-state index contributed by atoms with van der Waals surface area (Å²) in [5.41, 5.74) is 0.499. The van der Waals surface area contributed by atoms with E-state index in [1.165, 1.54) is 28.9 Å². The number of carbonyl (C=O) groups excluding carboxylic acids is 1. The second kappa shape index (κ2) is 10.4. The van der Waals surface area contributed by atoms with Crippen molar-refractivity contribution < 1.29 is 35.2 Å². The molecule has 1 N–H and O–H groups in total. The van der Waals surface area contributed by atoms with Crippen LogP contribution in [0.3, 0.4) is 0 Å². The highest BCUT2D eigenvalue weighted by Crippen LogP contribution is 2.39. The van der Waals surface area contributed by atoms with Crippen molar-refractivity contribution in [1.82, 2.24) is 15.1 Å². The standard InChI is InChI=1S/C25H25F5N4O3S/c1-3-4-20(18-13-17(38(2,36)37)9-10-19(18)27)32-24(35)33-22-14-31-34(16-7-5-15(26)6-8-16)21(22)11-12-23(33)25(28,29)30/h5-10,13-14,20,23H,3-4,11-12H2,1-2H3,(H,32,35)/t20-,23?/m0/s1. The number of amides is 2. The fourth-order valence-corrected chi connectivity index (χ4v) is 5.23. The van der Waals surface area contributed by atoms with Gasteiger partial charge in [0.15, 0.2) is 9.84 Å². The van der Waals surface area contributed by atoms with Gasteiger partial charge in [-0.2, -0.15) is 18.3 Å². The molecule has 1 aromatic heterocycles. The van der Waals surface area contributed by atoms with E-state index in [2.05, 4.69) is 10.4 Å². The number of nitrogens with one attached hydrogen (secondary N) is 1. The summed E-state index contributed by atoms with van der Waals surface area (Å²) in [6.45, 7) is 1.74. The number of alkyl halides is 3. The van der Waals surface area contributed by atoms with E-state index in [-0.39, 0.29) is 29.0 Å². The minimum atomic E-state index is -4.77. The normalized spacial score (nSPS) is 16.7. The van der Waals surface area contributed by atoms with Gasteiger partial charge >= 0.3 is 12.2 Å². The van der Waals surface area contributed by atoms with Crippen LogP contribution in [0.15, 0.2) is 53.6 Å². The number of hydrogen-bond acceptors (Lipinski definition) is 4. The number of hydrogen-bond donors (Lipinski definition) is 1. The van der Waals surface area contributed by atoms with Crippen LogP contribution in [-0.4, -0.2) is 42.7 Å². The molecule has 204 valence electrons. The van der Waals surface area contributed by atoms with Gasteiger partial charge in [0.25, 0.3) is 0 Å². The summed E-state index contributed by atoms with van der Waals surface area (Å²) in [6, 6.07) is 3.92. The summed E-state index contributed by atoms with van der Waals surface area (Å²) in [5, 5.41) is 6.64. The first-order valence-corrected chi connectivity index (χ1v) is 13.7. The van der Waals surface area contributed by atoms with Crippen LogP contribution in [0, 0.1) is 11.6 Å². The number of aromatic nitrogens is 2. The van der Waals surface area contributed by atoms with Crippen molar-refractivity contribution in [2.75, 3.05) is 11.2 Å². The average molecular weight is 557 g/mol. The Hall–Kier alpha value is -3.48. The van der Waals surface area contributed by atoms with Gasteiger partial charge in [0, 0.05) is 11.8 Å². The second-order valence-corrected chi connectivity index (χ2v) is 11.1. The first-order chi connectivity index (χ1) is 17.8. The number of sulfone groups is 1. The molecule has 0 aliphatic carbocycles. The molecule has 0 bridgehead atoms. The van der Waals surface area contributed by atoms with Gasteiger partial charge in [0.2, 0.25) is 0 Å². The third-order valence-electron chi connectivity index (χ3n) is 6.39. The zero-order valence-corrected chi connectivity index (χ0v) is 21.3. The lowest BCUT2D eigenvalue weighted by Crippen LogP contribution is -2.55. The summed E-state index contributed by atoms with van der Waals surface area (Å²) in [6.07, 6.45) is -2.63. The van der Waals surface area contributed by atoms with Gasteiger partial charge < -0.3 is 5.32 Å². The second-order valence-electron chi connectivity index (χ2n) is 9.08. The number of fused-ring (bicyclic) bond motifs is 1. The van der Waals surface area contributed by atoms with Crippen LogP contribution in [-0.2, 0) is 16.3 Å². The molecule has 0 saturated carbocycles. The van der Waals surface area contributed by atoms with Crippen molar-refractivity contribution in [1.29, 1.82) is 0 Å². The Labute approximate surface area is 216 Å². The molecular weight excluding hydrogens is 531 g/mol. The molecule has 38 heavy (non-hydrogen) atoms. The van der Waals surface area contributed by atoms with Crippen LogP contribution in [0.2, 0.25) is 0 Å². The van der Waals surface area contributed by atoms with Gasteiger partial charge in [0.1, 0.15) is 17.7 Å². The monoisotopic (exact) mass is 556 g/mol. The van der Waals surface area contributed by atoms with E-state index < -0.39 is 52.2 Å². The first-order valence-electron chi connectivity index (χ1n) is 11.8. The Morgan fingerprint density at radius 1 is 1.16 bits per heavy atom. The summed E-state index contributed by atoms with van der Waals surface area (Å²) in [4.78, 5) is 13.8. The lowest BCUT2D eigenvalue weighted by molar-refractivity contribution is -0.149. The molecule has 0 fully saturated rings. The zero-order chi connectivity index (χ0) is 27.8. The molecular formula is C25H25F5N4O3S. The smallest absolute Gasteiger partial charge is 0.331 e. The van der Waals surface area contributed by atoms with Crippen molar-refractivity contribution in [3.05, 3.63) is 71.6 Å². The lowest BCUT2D eigenvalue weighted by atomic mass is 9.99. The molecule has 1 unspecified atom stereocenters. The summed E-state index contributed by atoms with van der Waals surface area (Å²) < 4.78 is 95.7. The largest absolute Gasteiger partial charge is 0.409 e. The Morgan fingerprint density at radius 3 is 2.45 bits per heavy atom. The van der Waals surface area contributed by atoms with E-state index in [1.54, 1.807) is 6.92 Å². The summed E-state index contributed by atoms with van der Waals surface area (Å²) in [7, 11) is -3.71. The van der Waals surface area contributed by atoms with Crippen LogP contribution in [0.25, 0.3) is 5.69 Å². The Kier molecular flexibility index (Phi) is 7.51. The molecule has 3 aromatic rings. The highest BCUT2D eigenvalue weighted by molar-refractivity contribution is 7.90. The molecule has 4 rings (SSSR count). The maximum absolute atomic E-state index is 14.8. The number of urea groups is 1. The van der Waals surface area contributed by atoms with Crippen LogP contribution in [0.5, 0.6) is 0 Å². The molecule has 2 heterocycles. The molecule has 13 heteroatoms. The van der Waals surface area contributed by atoms with Crippen LogP contribution < -0.4 is 10.2 Å². The Balaban J connectivity index is 1.74. The zero-order valence-electron chi connectivity index (χ0n) is 20.5. The number of benzene rings is 2. The van der Waals surface area contributed by atoms with Crippen molar-refractivity contribution in [3.63, 3.8) is 0 Å². The van der Waals surface area contributed by atoms with Gasteiger partial charge in [-0.25, -0.2) is 26.7 Å². The van der Waals surface area contributed by atoms with Gasteiger partial charge in [-0.05, 0) is 61.7 Å². The van der Waals surface area contributed by atoms with Crippen molar-refractivity contribution in [2.24, 2.45) is 0 Å². The van der Waals surface area contributed by atoms with E-state index in [9.17, 15) is 35.2 Å². The van der Waals surface area contributed by atoms with Crippen LogP contribution in [0.4, 0.5) is 32.4 Å². The number of rotatable bonds is 6. The number of anilines is 1. The number of halogens is 5. The minimum absolute atomic E-state index is 0.0515. The molecule has 7 nitrogen and oxygen atoms in total.